The number of rotatable bonds is 6. The van der Waals surface area contributed by atoms with Crippen molar-refractivity contribution in [2.45, 2.75) is 0 Å². The molecule has 4 aromatic rings. The van der Waals surface area contributed by atoms with E-state index < -0.39 is 0 Å². The highest BCUT2D eigenvalue weighted by molar-refractivity contribution is 6.15. The molecule has 0 bridgehead atoms. The fraction of sp³-hybridized carbons (Fsp3) is 0. The standard InChI is InChI=1S/C26H17N7/c27-31-24(18-6-2-1-3-7-18)20-8-4-10-22(16-20)26(33-29)23-11-5-9-21(17-23)25(32-28)19-12-14-30-15-13-19/h1-17H. The van der Waals surface area contributed by atoms with Crippen molar-refractivity contribution in [3.63, 3.8) is 0 Å². The van der Waals surface area contributed by atoms with Crippen LogP contribution >= 0.6 is 0 Å². The van der Waals surface area contributed by atoms with Gasteiger partial charge in [-0.15, -0.1) is 0 Å². The van der Waals surface area contributed by atoms with E-state index in [0.29, 0.717) is 45.0 Å². The van der Waals surface area contributed by atoms with Gasteiger partial charge in [-0.2, -0.15) is 14.4 Å². The van der Waals surface area contributed by atoms with Crippen LogP contribution in [0.4, 0.5) is 0 Å². The monoisotopic (exact) mass is 427 g/mol. The lowest BCUT2D eigenvalue weighted by molar-refractivity contribution is -0.00323. The van der Waals surface area contributed by atoms with Crippen molar-refractivity contribution >= 4 is 17.1 Å². The molecule has 0 unspecified atom stereocenters. The van der Waals surface area contributed by atoms with Gasteiger partial charge in [0, 0.05) is 12.4 Å². The Morgan fingerprint density at radius 2 is 0.818 bits per heavy atom. The molecule has 33 heavy (non-hydrogen) atoms. The molecule has 0 saturated heterocycles. The molecule has 0 aliphatic heterocycles. The van der Waals surface area contributed by atoms with Crippen molar-refractivity contribution in [1.82, 2.24) is 4.98 Å². The van der Waals surface area contributed by atoms with Crippen LogP contribution in [0.5, 0.6) is 0 Å². The molecule has 0 spiro atoms. The number of hydrogen-bond donors (Lipinski definition) is 0. The topological polar surface area (TPSA) is 122 Å². The maximum Gasteiger partial charge on any atom is 0.329 e. The molecule has 1 aromatic heterocycles. The summed E-state index contributed by atoms with van der Waals surface area (Å²) in [6.07, 6.45) is 3.23. The summed E-state index contributed by atoms with van der Waals surface area (Å²) < 4.78 is 0. The molecule has 0 amide bonds. The number of pyridine rings is 1. The molecule has 0 aliphatic carbocycles. The highest BCUT2D eigenvalue weighted by atomic mass is 14.9. The maximum atomic E-state index is 9.86. The van der Waals surface area contributed by atoms with Gasteiger partial charge in [0.2, 0.25) is 0 Å². The van der Waals surface area contributed by atoms with E-state index in [1.54, 1.807) is 67.0 Å². The summed E-state index contributed by atoms with van der Waals surface area (Å²) in [4.78, 5) is 14.4. The van der Waals surface area contributed by atoms with Crippen LogP contribution in [0, 0.1) is 0 Å². The summed E-state index contributed by atoms with van der Waals surface area (Å²) in [7, 11) is 0. The zero-order chi connectivity index (χ0) is 23.0. The normalized spacial score (nSPS) is 9.82. The predicted octanol–water partition coefficient (Wildman–Crippen LogP) is 4.28. The minimum atomic E-state index is 0.316. The largest absolute Gasteiger partial charge is 0.361 e. The molecule has 0 saturated carbocycles. The SMILES string of the molecule is [N-]=[N+]=C(c1ccccc1)c1cccc(C(=[N+]=[N-])c2cccc(C(=[N+]=[N-])c3ccncc3)c2)c1. The Kier molecular flexibility index (Phi) is 6.32. The van der Waals surface area contributed by atoms with Crippen molar-refractivity contribution in [2.24, 2.45) is 0 Å². The first-order valence-corrected chi connectivity index (χ1v) is 10.1. The molecule has 0 fully saturated rings. The zero-order valence-electron chi connectivity index (χ0n) is 17.4. The third kappa shape index (κ3) is 4.52. The highest BCUT2D eigenvalue weighted by Gasteiger charge is 2.23. The summed E-state index contributed by atoms with van der Waals surface area (Å²) in [6.45, 7) is 0. The lowest BCUT2D eigenvalue weighted by atomic mass is 9.94. The Morgan fingerprint density at radius 3 is 1.24 bits per heavy atom. The number of benzene rings is 3. The number of hydrogen-bond acceptors (Lipinski definition) is 1. The van der Waals surface area contributed by atoms with E-state index in [9.17, 15) is 16.6 Å². The molecule has 0 atom stereocenters. The van der Waals surface area contributed by atoms with Gasteiger partial charge in [-0.1, -0.05) is 30.3 Å². The minimum absolute atomic E-state index is 0.316. The number of aromatic nitrogens is 1. The Labute approximate surface area is 190 Å². The maximum absolute atomic E-state index is 9.86. The summed E-state index contributed by atoms with van der Waals surface area (Å²) in [5.74, 6) is 0. The molecule has 7 nitrogen and oxygen atoms in total. The van der Waals surface area contributed by atoms with Gasteiger partial charge in [0.25, 0.3) is 0 Å². The fourth-order valence-corrected chi connectivity index (χ4v) is 3.58. The van der Waals surface area contributed by atoms with Crippen molar-refractivity contribution in [2.75, 3.05) is 0 Å². The van der Waals surface area contributed by atoms with Gasteiger partial charge in [-0.25, -0.2) is 0 Å². The van der Waals surface area contributed by atoms with E-state index in [2.05, 4.69) is 19.4 Å². The summed E-state index contributed by atoms with van der Waals surface area (Å²) >= 11 is 0. The van der Waals surface area contributed by atoms with Gasteiger partial charge < -0.3 is 16.6 Å². The van der Waals surface area contributed by atoms with Crippen molar-refractivity contribution in [3.8, 4) is 0 Å². The molecule has 1 heterocycles. The molecular formula is C26H17N7. The van der Waals surface area contributed by atoms with Crippen LogP contribution < -0.4 is 0 Å². The second-order valence-corrected chi connectivity index (χ2v) is 7.11. The van der Waals surface area contributed by atoms with E-state index in [-0.39, 0.29) is 0 Å². The molecule has 0 N–H and O–H groups in total. The summed E-state index contributed by atoms with van der Waals surface area (Å²) in [5.41, 5.74) is 34.2. The summed E-state index contributed by atoms with van der Waals surface area (Å²) in [5, 5.41) is 0. The van der Waals surface area contributed by atoms with Crippen LogP contribution in [0.1, 0.15) is 33.4 Å². The van der Waals surface area contributed by atoms with E-state index in [1.165, 1.54) is 0 Å². The van der Waals surface area contributed by atoms with Crippen LogP contribution in [0.2, 0.25) is 0 Å². The smallest absolute Gasteiger partial charge is 0.329 e. The first-order chi connectivity index (χ1) is 16.2. The Balaban J connectivity index is 1.75. The van der Waals surface area contributed by atoms with E-state index in [1.807, 2.05) is 36.4 Å². The van der Waals surface area contributed by atoms with Crippen molar-refractivity contribution < 1.29 is 14.4 Å². The second kappa shape index (κ2) is 9.84. The van der Waals surface area contributed by atoms with Crippen molar-refractivity contribution in [3.05, 3.63) is 153 Å². The van der Waals surface area contributed by atoms with Crippen LogP contribution in [-0.4, -0.2) is 36.5 Å². The van der Waals surface area contributed by atoms with Crippen LogP contribution in [0.15, 0.2) is 103 Å². The van der Waals surface area contributed by atoms with Gasteiger partial charge in [0.15, 0.2) is 0 Å². The van der Waals surface area contributed by atoms with E-state index in [4.69, 9.17) is 0 Å². The van der Waals surface area contributed by atoms with Crippen molar-refractivity contribution in [1.29, 1.82) is 0 Å². The lowest BCUT2D eigenvalue weighted by Crippen LogP contribution is -2.11. The van der Waals surface area contributed by atoms with Gasteiger partial charge in [-0.05, 0) is 60.7 Å². The third-order valence-corrected chi connectivity index (χ3v) is 5.12. The second-order valence-electron chi connectivity index (χ2n) is 7.11. The van der Waals surface area contributed by atoms with E-state index >= 15 is 0 Å². The van der Waals surface area contributed by atoms with Gasteiger partial charge >= 0.3 is 17.1 Å². The summed E-state index contributed by atoms with van der Waals surface area (Å²) in [6, 6.07) is 27.1. The Morgan fingerprint density at radius 1 is 0.455 bits per heavy atom. The third-order valence-electron chi connectivity index (χ3n) is 5.12. The lowest BCUT2D eigenvalue weighted by Gasteiger charge is -2.03. The highest BCUT2D eigenvalue weighted by Crippen LogP contribution is 2.17. The average Bonchev–Trinajstić information content (AvgIpc) is 2.87. The van der Waals surface area contributed by atoms with E-state index in [0.717, 1.165) is 5.56 Å². The van der Waals surface area contributed by atoms with Crippen LogP contribution in [0.3, 0.4) is 0 Å². The van der Waals surface area contributed by atoms with Gasteiger partial charge in [0.05, 0.1) is 33.4 Å². The molecule has 4 rings (SSSR count). The van der Waals surface area contributed by atoms with Crippen LogP contribution in [-0.2, 0) is 0 Å². The van der Waals surface area contributed by atoms with Gasteiger partial charge in [-0.3, -0.25) is 4.98 Å². The first-order valence-electron chi connectivity index (χ1n) is 10.1. The zero-order valence-corrected chi connectivity index (χ0v) is 17.4. The molecule has 7 heteroatoms. The number of nitrogens with zero attached hydrogens (tertiary/aromatic N) is 7. The molecular weight excluding hydrogens is 410 g/mol. The Bertz CT molecular complexity index is 1350. The van der Waals surface area contributed by atoms with Gasteiger partial charge in [0.1, 0.15) is 0 Å². The molecule has 156 valence electrons. The quantitative estimate of drug-likeness (QED) is 0.254. The first kappa shape index (κ1) is 21.2. The van der Waals surface area contributed by atoms with Crippen LogP contribution in [0.25, 0.3) is 16.6 Å². The molecule has 0 aliphatic rings. The Hall–Kier alpha value is -5.05. The predicted molar refractivity (Wildman–Crippen MR) is 124 cm³/mol. The fourth-order valence-electron chi connectivity index (χ4n) is 3.58. The minimum Gasteiger partial charge on any atom is -0.361 e. The average molecular weight is 427 g/mol. The molecule has 3 aromatic carbocycles. The molecule has 0 radical (unpaired) electrons.